The summed E-state index contributed by atoms with van der Waals surface area (Å²) in [6.07, 6.45) is 1.61. The van der Waals surface area contributed by atoms with Gasteiger partial charge in [-0.3, -0.25) is 9.59 Å². The van der Waals surface area contributed by atoms with E-state index in [4.69, 9.17) is 11.6 Å². The molecule has 2 saturated heterocycles. The second-order valence-corrected chi connectivity index (χ2v) is 8.94. The maximum atomic E-state index is 13.3. The number of hydrogen-bond donors (Lipinski definition) is 0. The number of amides is 2. The summed E-state index contributed by atoms with van der Waals surface area (Å²) in [5, 5.41) is -0.249. The molecule has 0 N–H and O–H groups in total. The molecule has 0 bridgehead atoms. The van der Waals surface area contributed by atoms with E-state index in [-0.39, 0.29) is 54.3 Å². The van der Waals surface area contributed by atoms with Gasteiger partial charge in [0.05, 0.1) is 9.92 Å². The van der Waals surface area contributed by atoms with Crippen LogP contribution in [-0.2, 0) is 19.6 Å². The third-order valence-corrected chi connectivity index (χ3v) is 7.07. The van der Waals surface area contributed by atoms with Crippen LogP contribution in [0, 0.1) is 5.82 Å². The van der Waals surface area contributed by atoms with Gasteiger partial charge in [0.1, 0.15) is 5.82 Å². The molecule has 0 unspecified atom stereocenters. The molecule has 10 heteroatoms. The van der Waals surface area contributed by atoms with Crippen LogP contribution in [0.5, 0.6) is 0 Å². The third-order valence-electron chi connectivity index (χ3n) is 4.89. The van der Waals surface area contributed by atoms with Gasteiger partial charge in [-0.15, -0.1) is 0 Å². The van der Waals surface area contributed by atoms with E-state index < -0.39 is 15.8 Å². The highest BCUT2D eigenvalue weighted by molar-refractivity contribution is 7.89. The molecule has 1 aromatic rings. The van der Waals surface area contributed by atoms with E-state index in [0.29, 0.717) is 19.5 Å². The lowest BCUT2D eigenvalue weighted by Gasteiger charge is -2.34. The van der Waals surface area contributed by atoms with Crippen LogP contribution in [0.15, 0.2) is 23.1 Å². The molecule has 2 aliphatic heterocycles. The first-order valence-electron chi connectivity index (χ1n) is 8.80. The van der Waals surface area contributed by atoms with Crippen molar-refractivity contribution in [3.8, 4) is 0 Å². The highest BCUT2D eigenvalue weighted by Crippen LogP contribution is 2.23. The normalized spacial score (nSPS) is 19.0. The fourth-order valence-corrected chi connectivity index (χ4v) is 4.99. The third kappa shape index (κ3) is 4.41. The van der Waals surface area contributed by atoms with Crippen LogP contribution < -0.4 is 0 Å². The molecule has 2 aliphatic rings. The van der Waals surface area contributed by atoms with Crippen LogP contribution in [0.1, 0.15) is 19.3 Å². The van der Waals surface area contributed by atoms with Crippen molar-refractivity contribution in [1.29, 1.82) is 0 Å². The van der Waals surface area contributed by atoms with Gasteiger partial charge in [0.15, 0.2) is 0 Å². The topological polar surface area (TPSA) is 78.0 Å². The Kier molecular flexibility index (Phi) is 6.02. The fourth-order valence-electron chi connectivity index (χ4n) is 3.29. The molecule has 0 atom stereocenters. The molecule has 148 valence electrons. The zero-order valence-corrected chi connectivity index (χ0v) is 16.3. The molecule has 2 fully saturated rings. The molecule has 7 nitrogen and oxygen atoms in total. The van der Waals surface area contributed by atoms with Gasteiger partial charge >= 0.3 is 0 Å². The smallest absolute Gasteiger partial charge is 0.243 e. The summed E-state index contributed by atoms with van der Waals surface area (Å²) in [6, 6.07) is 3.30. The van der Waals surface area contributed by atoms with Crippen molar-refractivity contribution in [2.45, 2.75) is 24.2 Å². The molecule has 3 rings (SSSR count). The highest BCUT2D eigenvalue weighted by atomic mass is 35.5. The summed E-state index contributed by atoms with van der Waals surface area (Å²) in [4.78, 5) is 27.2. The zero-order valence-electron chi connectivity index (χ0n) is 14.7. The molecule has 0 aromatic heterocycles. The van der Waals surface area contributed by atoms with Gasteiger partial charge in [0.2, 0.25) is 21.8 Å². The van der Waals surface area contributed by atoms with Crippen molar-refractivity contribution in [3.63, 3.8) is 0 Å². The quantitative estimate of drug-likeness (QED) is 0.724. The Labute approximate surface area is 162 Å². The lowest BCUT2D eigenvalue weighted by atomic mass is 10.3. The van der Waals surface area contributed by atoms with Gasteiger partial charge in [-0.05, 0) is 24.6 Å². The lowest BCUT2D eigenvalue weighted by molar-refractivity contribution is -0.133. The summed E-state index contributed by atoms with van der Waals surface area (Å²) < 4.78 is 39.9. The standard InChI is InChI=1S/C17H21ClFN3O4S/c18-14-12-13(3-4-15(14)19)27(25,26)22-10-8-21(9-11-22)17(24)5-7-20-6-1-2-16(20)23/h3-4,12H,1-2,5-11H2. The van der Waals surface area contributed by atoms with Gasteiger partial charge in [0.25, 0.3) is 0 Å². The van der Waals surface area contributed by atoms with Crippen LogP contribution in [0.25, 0.3) is 0 Å². The summed E-state index contributed by atoms with van der Waals surface area (Å²) in [5.74, 6) is -0.684. The van der Waals surface area contributed by atoms with Crippen LogP contribution in [-0.4, -0.2) is 73.6 Å². The van der Waals surface area contributed by atoms with Gasteiger partial charge in [-0.2, -0.15) is 4.31 Å². The average Bonchev–Trinajstić information content (AvgIpc) is 3.07. The summed E-state index contributed by atoms with van der Waals surface area (Å²) in [5.41, 5.74) is 0. The van der Waals surface area contributed by atoms with E-state index in [1.54, 1.807) is 9.80 Å². The number of rotatable bonds is 5. The Hall–Kier alpha value is -1.71. The summed E-state index contributed by atoms with van der Waals surface area (Å²) in [7, 11) is -3.79. The molecule has 2 heterocycles. The second kappa shape index (κ2) is 8.12. The van der Waals surface area contributed by atoms with Crippen molar-refractivity contribution in [1.82, 2.24) is 14.1 Å². The zero-order chi connectivity index (χ0) is 19.6. The Bertz CT molecular complexity index is 841. The van der Waals surface area contributed by atoms with E-state index in [1.165, 1.54) is 10.4 Å². The van der Waals surface area contributed by atoms with Gasteiger partial charge in [-0.25, -0.2) is 12.8 Å². The van der Waals surface area contributed by atoms with Crippen molar-refractivity contribution >= 4 is 33.4 Å². The molecule has 0 spiro atoms. The number of carbonyl (C=O) groups is 2. The van der Waals surface area contributed by atoms with E-state index in [0.717, 1.165) is 18.6 Å². The predicted molar refractivity (Wildman–Crippen MR) is 97.2 cm³/mol. The highest BCUT2D eigenvalue weighted by Gasteiger charge is 2.31. The Morgan fingerprint density at radius 2 is 1.85 bits per heavy atom. The first-order valence-corrected chi connectivity index (χ1v) is 10.6. The van der Waals surface area contributed by atoms with Crippen molar-refractivity contribution in [3.05, 3.63) is 29.0 Å². The van der Waals surface area contributed by atoms with Crippen LogP contribution in [0.4, 0.5) is 4.39 Å². The van der Waals surface area contributed by atoms with E-state index in [1.807, 2.05) is 0 Å². The monoisotopic (exact) mass is 417 g/mol. The number of piperazine rings is 1. The van der Waals surface area contributed by atoms with Crippen molar-refractivity contribution in [2.24, 2.45) is 0 Å². The molecule has 0 radical (unpaired) electrons. The van der Waals surface area contributed by atoms with Crippen LogP contribution in [0.3, 0.4) is 0 Å². The number of likely N-dealkylation sites (tertiary alicyclic amines) is 1. The Morgan fingerprint density at radius 3 is 2.44 bits per heavy atom. The molecule has 2 amide bonds. The number of halogens is 2. The first-order chi connectivity index (χ1) is 12.8. The lowest BCUT2D eigenvalue weighted by Crippen LogP contribution is -2.50. The first kappa shape index (κ1) is 20.0. The van der Waals surface area contributed by atoms with Crippen LogP contribution in [0.2, 0.25) is 5.02 Å². The summed E-state index contributed by atoms with van der Waals surface area (Å²) in [6.45, 7) is 1.97. The average molecular weight is 418 g/mol. The molecular formula is C17H21ClFN3O4S. The summed E-state index contributed by atoms with van der Waals surface area (Å²) >= 11 is 5.68. The maximum Gasteiger partial charge on any atom is 0.243 e. The van der Waals surface area contributed by atoms with Crippen LogP contribution >= 0.6 is 11.6 Å². The van der Waals surface area contributed by atoms with Gasteiger partial charge < -0.3 is 9.80 Å². The van der Waals surface area contributed by atoms with Gasteiger partial charge in [0, 0.05) is 52.1 Å². The maximum absolute atomic E-state index is 13.3. The Balaban J connectivity index is 1.55. The number of nitrogens with zero attached hydrogens (tertiary/aromatic N) is 3. The minimum absolute atomic E-state index is 0.0683. The minimum Gasteiger partial charge on any atom is -0.342 e. The van der Waals surface area contributed by atoms with E-state index in [2.05, 4.69) is 0 Å². The van der Waals surface area contributed by atoms with E-state index >= 15 is 0 Å². The molecule has 1 aromatic carbocycles. The number of hydrogen-bond acceptors (Lipinski definition) is 4. The fraction of sp³-hybridized carbons (Fsp3) is 0.529. The number of benzene rings is 1. The van der Waals surface area contributed by atoms with E-state index in [9.17, 15) is 22.4 Å². The molecule has 0 saturated carbocycles. The van der Waals surface area contributed by atoms with Gasteiger partial charge in [-0.1, -0.05) is 11.6 Å². The number of sulfonamides is 1. The predicted octanol–water partition coefficient (Wildman–Crippen LogP) is 1.32. The number of carbonyl (C=O) groups excluding carboxylic acids is 2. The second-order valence-electron chi connectivity index (χ2n) is 6.60. The largest absolute Gasteiger partial charge is 0.342 e. The molecular weight excluding hydrogens is 397 g/mol. The molecule has 0 aliphatic carbocycles. The van der Waals surface area contributed by atoms with Crippen molar-refractivity contribution < 1.29 is 22.4 Å². The van der Waals surface area contributed by atoms with Crippen molar-refractivity contribution in [2.75, 3.05) is 39.3 Å². The molecule has 27 heavy (non-hydrogen) atoms. The Morgan fingerprint density at radius 1 is 1.15 bits per heavy atom. The SMILES string of the molecule is O=C1CCCN1CCC(=O)N1CCN(S(=O)(=O)c2ccc(F)c(Cl)c2)CC1. The minimum atomic E-state index is -3.79.